The number of amides is 3. The van der Waals surface area contributed by atoms with Crippen LogP contribution in [0.25, 0.3) is 0 Å². The van der Waals surface area contributed by atoms with Crippen LogP contribution in [0, 0.1) is 6.92 Å². The van der Waals surface area contributed by atoms with E-state index in [9.17, 15) is 19.2 Å². The lowest BCUT2D eigenvalue weighted by Crippen LogP contribution is -2.29. The number of imide groups is 1. The predicted molar refractivity (Wildman–Crippen MR) is 119 cm³/mol. The summed E-state index contributed by atoms with van der Waals surface area (Å²) in [6.07, 6.45) is 0. The Bertz CT molecular complexity index is 1310. The number of benzene rings is 2. The number of carbonyl (C=O) groups excluding carboxylic acids is 4. The molecule has 0 atom stereocenters. The van der Waals surface area contributed by atoms with Gasteiger partial charge in [0.1, 0.15) is 10.8 Å². The monoisotopic (exact) mass is 486 g/mol. The van der Waals surface area contributed by atoms with Gasteiger partial charge in [-0.25, -0.2) is 9.69 Å². The van der Waals surface area contributed by atoms with Crippen molar-refractivity contribution in [3.8, 4) is 5.75 Å². The standard InChI is InChI=1S/C21H15ClN4O6S/c1-10-24-25-21(33-10)26-18(28)13-5-3-11(7-14(13)19(26)29)20(30)32-9-17(27)23-15-8-12(22)4-6-16(15)31-2/h3-8H,9H2,1-2H3,(H,23,27). The molecular weight excluding hydrogens is 472 g/mol. The highest BCUT2D eigenvalue weighted by Gasteiger charge is 2.39. The molecule has 2 aromatic carbocycles. The van der Waals surface area contributed by atoms with Crippen molar-refractivity contribution >= 4 is 57.4 Å². The van der Waals surface area contributed by atoms with Crippen LogP contribution in [0.15, 0.2) is 36.4 Å². The van der Waals surface area contributed by atoms with Gasteiger partial charge in [-0.3, -0.25) is 14.4 Å². The minimum Gasteiger partial charge on any atom is -0.495 e. The molecule has 0 radical (unpaired) electrons. The third-order valence-corrected chi connectivity index (χ3v) is 5.66. The molecule has 33 heavy (non-hydrogen) atoms. The van der Waals surface area contributed by atoms with Gasteiger partial charge in [-0.15, -0.1) is 10.2 Å². The van der Waals surface area contributed by atoms with Crippen molar-refractivity contribution in [1.29, 1.82) is 0 Å². The number of rotatable bonds is 6. The van der Waals surface area contributed by atoms with Gasteiger partial charge in [0.2, 0.25) is 5.13 Å². The smallest absolute Gasteiger partial charge is 0.338 e. The Morgan fingerprint density at radius 1 is 1.09 bits per heavy atom. The quantitative estimate of drug-likeness (QED) is 0.416. The number of hydrogen-bond acceptors (Lipinski definition) is 9. The van der Waals surface area contributed by atoms with E-state index in [1.165, 1.54) is 31.4 Å². The van der Waals surface area contributed by atoms with Crippen molar-refractivity contribution in [3.05, 3.63) is 63.1 Å². The summed E-state index contributed by atoms with van der Waals surface area (Å²) in [5.74, 6) is -2.24. The van der Waals surface area contributed by atoms with Gasteiger partial charge in [0, 0.05) is 5.02 Å². The summed E-state index contributed by atoms with van der Waals surface area (Å²) >= 11 is 7.03. The Labute approximate surface area is 196 Å². The average Bonchev–Trinajstić information content (AvgIpc) is 3.32. The molecule has 0 bridgehead atoms. The molecule has 0 saturated heterocycles. The number of aromatic nitrogens is 2. The fraction of sp³-hybridized carbons (Fsp3) is 0.143. The predicted octanol–water partition coefficient (Wildman–Crippen LogP) is 3.10. The molecule has 0 unspecified atom stereocenters. The fourth-order valence-electron chi connectivity index (χ4n) is 3.10. The summed E-state index contributed by atoms with van der Waals surface area (Å²) < 4.78 is 10.2. The molecule has 12 heteroatoms. The van der Waals surface area contributed by atoms with Gasteiger partial charge in [0.05, 0.1) is 29.5 Å². The van der Waals surface area contributed by atoms with Gasteiger partial charge in [0.25, 0.3) is 17.7 Å². The highest BCUT2D eigenvalue weighted by Crippen LogP contribution is 2.31. The zero-order valence-corrected chi connectivity index (χ0v) is 18.8. The van der Waals surface area contributed by atoms with Gasteiger partial charge in [-0.1, -0.05) is 22.9 Å². The highest BCUT2D eigenvalue weighted by molar-refractivity contribution is 7.15. The van der Waals surface area contributed by atoms with Crippen LogP contribution in [-0.2, 0) is 9.53 Å². The first kappa shape index (κ1) is 22.4. The first-order valence-electron chi connectivity index (χ1n) is 9.42. The van der Waals surface area contributed by atoms with E-state index in [-0.39, 0.29) is 21.8 Å². The molecule has 0 aliphatic carbocycles. The molecule has 1 aliphatic heterocycles. The van der Waals surface area contributed by atoms with Crippen LogP contribution < -0.4 is 15.0 Å². The van der Waals surface area contributed by atoms with Crippen molar-refractivity contribution in [2.24, 2.45) is 0 Å². The van der Waals surface area contributed by atoms with Crippen LogP contribution >= 0.6 is 22.9 Å². The summed E-state index contributed by atoms with van der Waals surface area (Å²) in [4.78, 5) is 50.9. The van der Waals surface area contributed by atoms with E-state index in [1.807, 2.05) is 0 Å². The molecule has 2 heterocycles. The zero-order valence-electron chi connectivity index (χ0n) is 17.2. The first-order valence-corrected chi connectivity index (χ1v) is 10.6. The van der Waals surface area contributed by atoms with E-state index in [0.717, 1.165) is 16.2 Å². The maximum atomic E-state index is 12.8. The first-order chi connectivity index (χ1) is 15.8. The molecule has 1 aromatic heterocycles. The number of esters is 1. The third-order valence-electron chi connectivity index (χ3n) is 4.60. The molecule has 1 N–H and O–H groups in total. The highest BCUT2D eigenvalue weighted by atomic mass is 35.5. The molecule has 4 rings (SSSR count). The number of hydrogen-bond donors (Lipinski definition) is 1. The molecule has 168 valence electrons. The van der Waals surface area contributed by atoms with Crippen LogP contribution in [-0.4, -0.2) is 47.6 Å². The lowest BCUT2D eigenvalue weighted by Gasteiger charge is -2.11. The van der Waals surface area contributed by atoms with E-state index in [2.05, 4.69) is 15.5 Å². The Balaban J connectivity index is 1.44. The van der Waals surface area contributed by atoms with Crippen LogP contribution in [0.4, 0.5) is 10.8 Å². The van der Waals surface area contributed by atoms with E-state index >= 15 is 0 Å². The minimum atomic E-state index is -0.837. The number of nitrogens with one attached hydrogen (secondary N) is 1. The Morgan fingerprint density at radius 3 is 2.55 bits per heavy atom. The maximum Gasteiger partial charge on any atom is 0.338 e. The van der Waals surface area contributed by atoms with Gasteiger partial charge in [-0.05, 0) is 43.3 Å². The molecule has 3 amide bonds. The number of anilines is 2. The molecule has 0 fully saturated rings. The van der Waals surface area contributed by atoms with E-state index < -0.39 is 30.3 Å². The van der Waals surface area contributed by atoms with Gasteiger partial charge in [-0.2, -0.15) is 0 Å². The number of nitrogens with zero attached hydrogens (tertiary/aromatic N) is 3. The number of fused-ring (bicyclic) bond motifs is 1. The molecule has 3 aromatic rings. The second-order valence-electron chi connectivity index (χ2n) is 6.78. The van der Waals surface area contributed by atoms with Crippen molar-refractivity contribution < 1.29 is 28.7 Å². The summed E-state index contributed by atoms with van der Waals surface area (Å²) in [6.45, 7) is 1.11. The minimum absolute atomic E-state index is 0.0123. The number of halogens is 1. The number of aryl methyl sites for hydroxylation is 1. The van der Waals surface area contributed by atoms with E-state index in [1.54, 1.807) is 19.1 Å². The summed E-state index contributed by atoms with van der Waals surface area (Å²) in [5, 5.41) is 11.3. The molecule has 10 nitrogen and oxygen atoms in total. The summed E-state index contributed by atoms with van der Waals surface area (Å²) in [7, 11) is 1.44. The van der Waals surface area contributed by atoms with Crippen molar-refractivity contribution in [2.75, 3.05) is 23.9 Å². The Kier molecular flexibility index (Phi) is 6.07. The van der Waals surface area contributed by atoms with Gasteiger partial charge < -0.3 is 14.8 Å². The van der Waals surface area contributed by atoms with Crippen LogP contribution in [0.1, 0.15) is 36.1 Å². The van der Waals surface area contributed by atoms with Crippen molar-refractivity contribution in [2.45, 2.75) is 6.92 Å². The van der Waals surface area contributed by atoms with Crippen LogP contribution in [0.5, 0.6) is 5.75 Å². The van der Waals surface area contributed by atoms with Crippen molar-refractivity contribution in [3.63, 3.8) is 0 Å². The third kappa shape index (κ3) is 4.41. The molecule has 0 spiro atoms. The SMILES string of the molecule is COc1ccc(Cl)cc1NC(=O)COC(=O)c1ccc2c(c1)C(=O)N(c1nnc(C)s1)C2=O. The Hall–Kier alpha value is -3.83. The lowest BCUT2D eigenvalue weighted by molar-refractivity contribution is -0.119. The molecular formula is C21H15ClN4O6S. The van der Waals surface area contributed by atoms with E-state index in [4.69, 9.17) is 21.1 Å². The van der Waals surface area contributed by atoms with E-state index in [0.29, 0.717) is 21.5 Å². The van der Waals surface area contributed by atoms with Gasteiger partial charge >= 0.3 is 5.97 Å². The Morgan fingerprint density at radius 2 is 1.85 bits per heavy atom. The molecule has 1 aliphatic rings. The summed E-state index contributed by atoms with van der Waals surface area (Å²) in [5.41, 5.74) is 0.503. The number of ether oxygens (including phenoxy) is 2. The second-order valence-corrected chi connectivity index (χ2v) is 8.38. The van der Waals surface area contributed by atoms with Crippen LogP contribution in [0.2, 0.25) is 5.02 Å². The maximum absolute atomic E-state index is 12.8. The number of methoxy groups -OCH3 is 1. The molecule has 0 saturated carbocycles. The summed E-state index contributed by atoms with van der Waals surface area (Å²) in [6, 6.07) is 8.64. The lowest BCUT2D eigenvalue weighted by atomic mass is 10.1. The topological polar surface area (TPSA) is 128 Å². The normalized spacial score (nSPS) is 12.5. The fourth-order valence-corrected chi connectivity index (χ4v) is 3.95. The second kappa shape index (κ2) is 8.96. The van der Waals surface area contributed by atoms with Crippen molar-refractivity contribution in [1.82, 2.24) is 10.2 Å². The zero-order chi connectivity index (χ0) is 23.7. The number of carbonyl (C=O) groups is 4. The van der Waals surface area contributed by atoms with Crippen LogP contribution in [0.3, 0.4) is 0 Å². The van der Waals surface area contributed by atoms with Gasteiger partial charge in [0.15, 0.2) is 6.61 Å². The largest absolute Gasteiger partial charge is 0.495 e. The average molecular weight is 487 g/mol.